The number of thiophene rings is 1. The molecule has 2 rings (SSSR count). The predicted molar refractivity (Wildman–Crippen MR) is 48.6 cm³/mol. The molecule has 0 atom stereocenters. The van der Waals surface area contributed by atoms with E-state index in [-0.39, 0.29) is 12.5 Å². The predicted octanol–water partition coefficient (Wildman–Crippen LogP) is 0.933. The Morgan fingerprint density at radius 1 is 1.58 bits per heavy atom. The SMILES string of the molecule is Cc1cscc1C1=NCC(=O)N1. The Labute approximate surface area is 74.1 Å². The number of carbonyl (C=O) groups excluding carboxylic acids is 1. The first-order valence-corrected chi connectivity index (χ1v) is 4.59. The highest BCUT2D eigenvalue weighted by Gasteiger charge is 2.16. The number of rotatable bonds is 1. The molecule has 1 aliphatic heterocycles. The number of aliphatic imine (C=N–C) groups is 1. The van der Waals surface area contributed by atoms with Gasteiger partial charge in [0.25, 0.3) is 0 Å². The minimum absolute atomic E-state index is 0.0180. The zero-order valence-corrected chi connectivity index (χ0v) is 7.44. The van der Waals surface area contributed by atoms with Gasteiger partial charge in [0.2, 0.25) is 5.91 Å². The van der Waals surface area contributed by atoms with Crippen molar-refractivity contribution in [1.82, 2.24) is 5.32 Å². The van der Waals surface area contributed by atoms with Gasteiger partial charge in [0.05, 0.1) is 0 Å². The fourth-order valence-corrected chi connectivity index (χ4v) is 1.95. The van der Waals surface area contributed by atoms with Gasteiger partial charge < -0.3 is 5.32 Å². The summed E-state index contributed by atoms with van der Waals surface area (Å²) >= 11 is 1.62. The lowest BCUT2D eigenvalue weighted by molar-refractivity contribution is -0.117. The van der Waals surface area contributed by atoms with E-state index in [9.17, 15) is 4.79 Å². The highest BCUT2D eigenvalue weighted by Crippen LogP contribution is 2.14. The highest BCUT2D eigenvalue weighted by molar-refractivity contribution is 7.08. The van der Waals surface area contributed by atoms with E-state index in [1.165, 1.54) is 5.56 Å². The van der Waals surface area contributed by atoms with Crippen molar-refractivity contribution in [2.24, 2.45) is 4.99 Å². The number of amides is 1. The average molecular weight is 180 g/mol. The lowest BCUT2D eigenvalue weighted by atomic mass is 10.2. The van der Waals surface area contributed by atoms with Crippen molar-refractivity contribution in [2.75, 3.05) is 6.54 Å². The molecular formula is C8H8N2OS. The van der Waals surface area contributed by atoms with Gasteiger partial charge in [0, 0.05) is 10.9 Å². The van der Waals surface area contributed by atoms with Crippen LogP contribution in [0.3, 0.4) is 0 Å². The molecule has 1 amide bonds. The van der Waals surface area contributed by atoms with Crippen LogP contribution in [0.4, 0.5) is 0 Å². The molecule has 1 aliphatic rings. The number of hydrogen-bond donors (Lipinski definition) is 1. The maximum Gasteiger partial charge on any atom is 0.247 e. The van der Waals surface area contributed by atoms with Crippen molar-refractivity contribution in [3.63, 3.8) is 0 Å². The second-order valence-corrected chi connectivity index (χ2v) is 3.43. The maximum absolute atomic E-state index is 10.8. The normalized spacial score (nSPS) is 16.1. The van der Waals surface area contributed by atoms with Crippen LogP contribution in [0.5, 0.6) is 0 Å². The van der Waals surface area contributed by atoms with Gasteiger partial charge in [-0.05, 0) is 17.9 Å². The summed E-state index contributed by atoms with van der Waals surface area (Å²) in [5, 5.41) is 6.76. The van der Waals surface area contributed by atoms with Crippen LogP contribution in [0.2, 0.25) is 0 Å². The summed E-state index contributed by atoms with van der Waals surface area (Å²) in [4.78, 5) is 14.9. The van der Waals surface area contributed by atoms with Crippen LogP contribution in [0.15, 0.2) is 15.8 Å². The van der Waals surface area contributed by atoms with Crippen molar-refractivity contribution < 1.29 is 4.79 Å². The van der Waals surface area contributed by atoms with Crippen LogP contribution in [0.1, 0.15) is 11.1 Å². The molecule has 0 unspecified atom stereocenters. The van der Waals surface area contributed by atoms with Crippen LogP contribution in [-0.4, -0.2) is 18.3 Å². The smallest absolute Gasteiger partial charge is 0.247 e. The van der Waals surface area contributed by atoms with Gasteiger partial charge in [-0.1, -0.05) is 0 Å². The monoisotopic (exact) mass is 180 g/mol. The minimum atomic E-state index is -0.0180. The van der Waals surface area contributed by atoms with Crippen LogP contribution < -0.4 is 5.32 Å². The van der Waals surface area contributed by atoms with Gasteiger partial charge in [-0.25, -0.2) is 0 Å². The molecule has 0 saturated heterocycles. The fourth-order valence-electron chi connectivity index (χ4n) is 1.12. The van der Waals surface area contributed by atoms with Gasteiger partial charge in [-0.15, -0.1) is 0 Å². The fraction of sp³-hybridized carbons (Fsp3) is 0.250. The Kier molecular flexibility index (Phi) is 1.69. The Morgan fingerprint density at radius 2 is 2.42 bits per heavy atom. The third-order valence-electron chi connectivity index (χ3n) is 1.75. The van der Waals surface area contributed by atoms with E-state index in [1.54, 1.807) is 11.3 Å². The van der Waals surface area contributed by atoms with E-state index in [1.807, 2.05) is 17.7 Å². The van der Waals surface area contributed by atoms with E-state index in [2.05, 4.69) is 10.3 Å². The maximum atomic E-state index is 10.8. The lowest BCUT2D eigenvalue weighted by Gasteiger charge is -1.98. The zero-order chi connectivity index (χ0) is 8.55. The number of aryl methyl sites for hydroxylation is 1. The first-order chi connectivity index (χ1) is 5.77. The van der Waals surface area contributed by atoms with E-state index in [4.69, 9.17) is 0 Å². The summed E-state index contributed by atoms with van der Waals surface area (Å²) < 4.78 is 0. The third kappa shape index (κ3) is 1.14. The molecule has 12 heavy (non-hydrogen) atoms. The molecule has 2 heterocycles. The van der Waals surface area contributed by atoms with E-state index >= 15 is 0 Å². The van der Waals surface area contributed by atoms with Crippen molar-refractivity contribution in [1.29, 1.82) is 0 Å². The Bertz CT molecular complexity index is 354. The average Bonchev–Trinajstić information content (AvgIpc) is 2.58. The molecule has 0 aliphatic carbocycles. The Hall–Kier alpha value is -1.16. The van der Waals surface area contributed by atoms with Crippen LogP contribution >= 0.6 is 11.3 Å². The standard InChI is InChI=1S/C8H8N2OS/c1-5-3-12-4-6(5)8-9-2-7(11)10-8/h3-4H,2H2,1H3,(H,9,10,11). The summed E-state index contributed by atoms with van der Waals surface area (Å²) in [7, 11) is 0. The molecule has 4 heteroatoms. The first-order valence-electron chi connectivity index (χ1n) is 3.65. The molecule has 1 aromatic rings. The Morgan fingerprint density at radius 3 is 2.92 bits per heavy atom. The van der Waals surface area contributed by atoms with E-state index in [0.717, 1.165) is 11.4 Å². The van der Waals surface area contributed by atoms with Gasteiger partial charge in [0.1, 0.15) is 12.4 Å². The van der Waals surface area contributed by atoms with Crippen LogP contribution in [-0.2, 0) is 4.79 Å². The number of carbonyl (C=O) groups is 1. The van der Waals surface area contributed by atoms with Gasteiger partial charge in [-0.2, -0.15) is 11.3 Å². The second-order valence-electron chi connectivity index (χ2n) is 2.68. The van der Waals surface area contributed by atoms with E-state index < -0.39 is 0 Å². The minimum Gasteiger partial charge on any atom is -0.309 e. The second kappa shape index (κ2) is 2.71. The number of hydrogen-bond acceptors (Lipinski definition) is 3. The molecule has 0 spiro atoms. The van der Waals surface area contributed by atoms with Crippen molar-refractivity contribution >= 4 is 23.1 Å². The summed E-state index contributed by atoms with van der Waals surface area (Å²) in [5.74, 6) is 0.703. The highest BCUT2D eigenvalue weighted by atomic mass is 32.1. The Balaban J connectivity index is 2.33. The molecule has 3 nitrogen and oxygen atoms in total. The molecule has 0 saturated carbocycles. The topological polar surface area (TPSA) is 41.5 Å². The summed E-state index contributed by atoms with van der Waals surface area (Å²) in [6.45, 7) is 2.28. The third-order valence-corrected chi connectivity index (χ3v) is 2.61. The number of amidine groups is 1. The molecule has 0 aromatic carbocycles. The molecule has 0 radical (unpaired) electrons. The summed E-state index contributed by atoms with van der Waals surface area (Å²) in [6.07, 6.45) is 0. The van der Waals surface area contributed by atoms with Crippen LogP contribution in [0, 0.1) is 6.92 Å². The molecule has 1 aromatic heterocycles. The van der Waals surface area contributed by atoms with Crippen LogP contribution in [0.25, 0.3) is 0 Å². The number of nitrogens with zero attached hydrogens (tertiary/aromatic N) is 1. The molecule has 0 bridgehead atoms. The quantitative estimate of drug-likeness (QED) is 0.686. The summed E-state index contributed by atoms with van der Waals surface area (Å²) in [5.41, 5.74) is 2.21. The molecule has 0 fully saturated rings. The number of nitrogens with one attached hydrogen (secondary N) is 1. The first kappa shape index (κ1) is 7.49. The van der Waals surface area contributed by atoms with E-state index in [0.29, 0.717) is 0 Å². The van der Waals surface area contributed by atoms with Crippen molar-refractivity contribution in [3.8, 4) is 0 Å². The lowest BCUT2D eigenvalue weighted by Crippen LogP contribution is -2.25. The van der Waals surface area contributed by atoms with Gasteiger partial charge in [0.15, 0.2) is 0 Å². The summed E-state index contributed by atoms with van der Waals surface area (Å²) in [6, 6.07) is 0. The largest absolute Gasteiger partial charge is 0.309 e. The van der Waals surface area contributed by atoms with Gasteiger partial charge >= 0.3 is 0 Å². The molecule has 1 N–H and O–H groups in total. The molecular weight excluding hydrogens is 172 g/mol. The van der Waals surface area contributed by atoms with Crippen molar-refractivity contribution in [2.45, 2.75) is 6.92 Å². The van der Waals surface area contributed by atoms with Crippen molar-refractivity contribution in [3.05, 3.63) is 21.9 Å². The van der Waals surface area contributed by atoms with Gasteiger partial charge in [-0.3, -0.25) is 9.79 Å². The zero-order valence-electron chi connectivity index (χ0n) is 6.63. The molecule has 62 valence electrons.